The van der Waals surface area contributed by atoms with Gasteiger partial charge >= 0.3 is 6.03 Å². The Morgan fingerprint density at radius 2 is 2.12 bits per heavy atom. The van der Waals surface area contributed by atoms with Crippen molar-refractivity contribution in [3.63, 3.8) is 0 Å². The lowest BCUT2D eigenvalue weighted by atomic mass is 10.2. The van der Waals surface area contributed by atoms with Crippen LogP contribution in [0.1, 0.15) is 13.8 Å². The van der Waals surface area contributed by atoms with E-state index in [0.717, 1.165) is 5.01 Å². The van der Waals surface area contributed by atoms with E-state index in [-0.39, 0.29) is 11.8 Å². The molecule has 96 valence electrons. The second kappa shape index (κ2) is 5.39. The Balaban J connectivity index is 2.66. The zero-order chi connectivity index (χ0) is 13.2. The quantitative estimate of drug-likeness (QED) is 0.737. The van der Waals surface area contributed by atoms with Gasteiger partial charge in [0.2, 0.25) is 5.91 Å². The molecule has 0 aromatic carbocycles. The molecule has 2 atom stereocenters. The van der Waals surface area contributed by atoms with Crippen molar-refractivity contribution in [1.82, 2.24) is 15.3 Å². The van der Waals surface area contributed by atoms with E-state index < -0.39 is 18.0 Å². The molecule has 0 aliphatic carbocycles. The van der Waals surface area contributed by atoms with Gasteiger partial charge in [0.1, 0.15) is 6.04 Å². The van der Waals surface area contributed by atoms with Crippen molar-refractivity contribution in [2.75, 3.05) is 19.1 Å². The Labute approximate surface area is 105 Å². The maximum absolute atomic E-state index is 11.7. The van der Waals surface area contributed by atoms with Crippen molar-refractivity contribution in [2.24, 2.45) is 5.92 Å². The fourth-order valence-electron chi connectivity index (χ4n) is 1.42. The minimum atomic E-state index is -0.529. The third kappa shape index (κ3) is 2.71. The number of carbonyl (C=O) groups excluding carboxylic acids is 3. The van der Waals surface area contributed by atoms with Crippen LogP contribution < -0.4 is 5.43 Å². The number of nitrogens with one attached hydrogen (secondary N) is 1. The number of amides is 4. The van der Waals surface area contributed by atoms with E-state index >= 15 is 0 Å². The van der Waals surface area contributed by atoms with Crippen LogP contribution in [0, 0.1) is 5.92 Å². The van der Waals surface area contributed by atoms with E-state index in [4.69, 9.17) is 0 Å². The first kappa shape index (κ1) is 13.8. The predicted octanol–water partition coefficient (Wildman–Crippen LogP) is 0.299. The normalized spacial score (nSPS) is 22.0. The van der Waals surface area contributed by atoms with Crippen molar-refractivity contribution in [3.8, 4) is 0 Å². The van der Waals surface area contributed by atoms with Crippen LogP contribution in [0.15, 0.2) is 0 Å². The SMILES string of the molecule is CSCC(C)C(=O)NN1C(=O)C(C)N(C)C1=O. The Morgan fingerprint density at radius 1 is 1.53 bits per heavy atom. The van der Waals surface area contributed by atoms with Gasteiger partial charge in [0.15, 0.2) is 0 Å². The first-order chi connectivity index (χ1) is 7.90. The van der Waals surface area contributed by atoms with E-state index in [1.807, 2.05) is 6.26 Å². The van der Waals surface area contributed by atoms with E-state index in [9.17, 15) is 14.4 Å². The lowest BCUT2D eigenvalue weighted by Crippen LogP contribution is -2.48. The average Bonchev–Trinajstić information content (AvgIpc) is 2.47. The van der Waals surface area contributed by atoms with Gasteiger partial charge in [0.05, 0.1) is 0 Å². The smallest absolute Gasteiger partial charge is 0.314 e. The van der Waals surface area contributed by atoms with Crippen LogP contribution in [0.25, 0.3) is 0 Å². The van der Waals surface area contributed by atoms with Crippen LogP contribution in [0.3, 0.4) is 0 Å². The van der Waals surface area contributed by atoms with Gasteiger partial charge in [-0.05, 0) is 13.2 Å². The van der Waals surface area contributed by atoms with Crippen LogP contribution >= 0.6 is 11.8 Å². The predicted molar refractivity (Wildman–Crippen MR) is 65.2 cm³/mol. The van der Waals surface area contributed by atoms with Crippen LogP contribution in [0.2, 0.25) is 0 Å². The standard InChI is InChI=1S/C10H17N3O3S/c1-6(5-17-4)8(14)11-13-9(15)7(2)12(3)10(13)16/h6-7H,5H2,1-4H3,(H,11,14). The molecule has 1 saturated heterocycles. The summed E-state index contributed by atoms with van der Waals surface area (Å²) in [5, 5.41) is 0.795. The number of urea groups is 1. The molecule has 4 amide bonds. The molecule has 6 nitrogen and oxygen atoms in total. The summed E-state index contributed by atoms with van der Waals surface area (Å²) in [6.07, 6.45) is 1.89. The Morgan fingerprint density at radius 3 is 2.53 bits per heavy atom. The highest BCUT2D eigenvalue weighted by Crippen LogP contribution is 2.13. The van der Waals surface area contributed by atoms with Gasteiger partial charge in [0.25, 0.3) is 5.91 Å². The van der Waals surface area contributed by atoms with Crippen molar-refractivity contribution < 1.29 is 14.4 Å². The van der Waals surface area contributed by atoms with Crippen molar-refractivity contribution in [2.45, 2.75) is 19.9 Å². The fourth-order valence-corrected chi connectivity index (χ4v) is 2.07. The van der Waals surface area contributed by atoms with Crippen LogP contribution in [0.4, 0.5) is 4.79 Å². The number of hydrogen-bond donors (Lipinski definition) is 1. The summed E-state index contributed by atoms with van der Waals surface area (Å²) in [5.41, 5.74) is 2.36. The minimum absolute atomic E-state index is 0.244. The second-order valence-electron chi connectivity index (χ2n) is 4.08. The number of imide groups is 1. The molecule has 17 heavy (non-hydrogen) atoms. The molecule has 0 aromatic heterocycles. The van der Waals surface area contributed by atoms with E-state index in [1.165, 1.54) is 23.7 Å². The van der Waals surface area contributed by atoms with Crippen LogP contribution in [-0.2, 0) is 9.59 Å². The highest BCUT2D eigenvalue weighted by Gasteiger charge is 2.41. The summed E-state index contributed by atoms with van der Waals surface area (Å²) in [7, 11) is 1.53. The van der Waals surface area contributed by atoms with Crippen LogP contribution in [0.5, 0.6) is 0 Å². The monoisotopic (exact) mass is 259 g/mol. The highest BCUT2D eigenvalue weighted by atomic mass is 32.2. The molecule has 2 unspecified atom stereocenters. The second-order valence-corrected chi connectivity index (χ2v) is 4.99. The highest BCUT2D eigenvalue weighted by molar-refractivity contribution is 7.98. The number of hydrogen-bond acceptors (Lipinski definition) is 4. The van der Waals surface area contributed by atoms with Gasteiger partial charge in [-0.3, -0.25) is 15.0 Å². The number of hydrazine groups is 1. The first-order valence-electron chi connectivity index (χ1n) is 5.30. The van der Waals surface area contributed by atoms with E-state index in [1.54, 1.807) is 13.8 Å². The maximum atomic E-state index is 11.7. The molecule has 1 aliphatic rings. The molecule has 0 radical (unpaired) electrons. The van der Waals surface area contributed by atoms with Crippen LogP contribution in [-0.4, -0.2) is 52.9 Å². The third-order valence-electron chi connectivity index (χ3n) is 2.74. The number of rotatable bonds is 4. The molecule has 0 saturated carbocycles. The number of carbonyl (C=O) groups is 3. The Kier molecular flexibility index (Phi) is 4.39. The Bertz CT molecular complexity index is 328. The molecule has 1 heterocycles. The largest absolute Gasteiger partial charge is 0.346 e. The number of thioether (sulfide) groups is 1. The molecule has 1 rings (SSSR count). The molecular weight excluding hydrogens is 242 g/mol. The molecule has 0 aromatic rings. The van der Waals surface area contributed by atoms with Crippen molar-refractivity contribution in [1.29, 1.82) is 0 Å². The van der Waals surface area contributed by atoms with Gasteiger partial charge in [-0.2, -0.15) is 16.8 Å². The molecule has 0 bridgehead atoms. The Hall–Kier alpha value is -1.24. The summed E-state index contributed by atoms with van der Waals surface area (Å²) in [6, 6.07) is -1.02. The molecule has 1 N–H and O–H groups in total. The molecule has 7 heteroatoms. The molecular formula is C10H17N3O3S. The molecule has 0 spiro atoms. The third-order valence-corrected chi connectivity index (χ3v) is 3.57. The zero-order valence-corrected chi connectivity index (χ0v) is 11.2. The molecule has 1 aliphatic heterocycles. The minimum Gasteiger partial charge on any atom is -0.314 e. The van der Waals surface area contributed by atoms with Gasteiger partial charge in [-0.1, -0.05) is 6.92 Å². The summed E-state index contributed by atoms with van der Waals surface area (Å²) < 4.78 is 0. The first-order valence-corrected chi connectivity index (χ1v) is 6.69. The maximum Gasteiger partial charge on any atom is 0.346 e. The number of nitrogens with zero attached hydrogens (tertiary/aromatic N) is 2. The van der Waals surface area contributed by atoms with E-state index in [0.29, 0.717) is 5.75 Å². The fraction of sp³-hybridized carbons (Fsp3) is 0.700. The summed E-state index contributed by atoms with van der Waals surface area (Å²) in [4.78, 5) is 36.3. The average molecular weight is 259 g/mol. The van der Waals surface area contributed by atoms with Gasteiger partial charge in [0, 0.05) is 18.7 Å². The summed E-state index contributed by atoms with van der Waals surface area (Å²) >= 11 is 1.54. The van der Waals surface area contributed by atoms with Gasteiger partial charge in [-0.25, -0.2) is 4.79 Å². The lowest BCUT2D eigenvalue weighted by Gasteiger charge is -2.17. The van der Waals surface area contributed by atoms with Crippen molar-refractivity contribution >= 4 is 29.6 Å². The summed E-state index contributed by atoms with van der Waals surface area (Å²) in [5.74, 6) is -0.314. The number of likely N-dealkylation sites (N-methyl/N-ethyl adjacent to an activating group) is 1. The lowest BCUT2D eigenvalue weighted by molar-refractivity contribution is -0.137. The van der Waals surface area contributed by atoms with E-state index in [2.05, 4.69) is 5.43 Å². The van der Waals surface area contributed by atoms with Crippen molar-refractivity contribution in [3.05, 3.63) is 0 Å². The topological polar surface area (TPSA) is 69.7 Å². The van der Waals surface area contributed by atoms with Gasteiger partial charge in [-0.15, -0.1) is 0 Å². The summed E-state index contributed by atoms with van der Waals surface area (Å²) in [6.45, 7) is 3.38. The molecule has 1 fully saturated rings. The van der Waals surface area contributed by atoms with Gasteiger partial charge < -0.3 is 4.90 Å². The zero-order valence-electron chi connectivity index (χ0n) is 10.4.